The molecule has 3 N–H and O–H groups in total. The molecule has 104 valence electrons. The fourth-order valence-electron chi connectivity index (χ4n) is 1.75. The summed E-state index contributed by atoms with van der Waals surface area (Å²) in [6.07, 6.45) is 1.25. The SMILES string of the molecule is CCc1ccc(CCNC(CC(=O)O)C(=O)O)cc1. The van der Waals surface area contributed by atoms with E-state index >= 15 is 0 Å². The molecule has 19 heavy (non-hydrogen) atoms. The molecule has 0 aliphatic heterocycles. The van der Waals surface area contributed by atoms with Crippen molar-refractivity contribution in [3.8, 4) is 0 Å². The van der Waals surface area contributed by atoms with Crippen LogP contribution in [0.15, 0.2) is 24.3 Å². The van der Waals surface area contributed by atoms with E-state index in [1.807, 2.05) is 24.3 Å². The van der Waals surface area contributed by atoms with Crippen LogP contribution in [0.4, 0.5) is 0 Å². The average molecular weight is 265 g/mol. The number of hydrogen-bond donors (Lipinski definition) is 3. The first-order valence-corrected chi connectivity index (χ1v) is 6.28. The van der Waals surface area contributed by atoms with Crippen LogP contribution in [0, 0.1) is 0 Å². The highest BCUT2D eigenvalue weighted by atomic mass is 16.4. The van der Waals surface area contributed by atoms with Crippen LogP contribution in [0.3, 0.4) is 0 Å². The smallest absolute Gasteiger partial charge is 0.321 e. The van der Waals surface area contributed by atoms with Crippen molar-refractivity contribution in [1.29, 1.82) is 0 Å². The fourth-order valence-corrected chi connectivity index (χ4v) is 1.75. The molecule has 0 aliphatic rings. The standard InChI is InChI=1S/C14H19NO4/c1-2-10-3-5-11(6-4-10)7-8-15-12(14(18)19)9-13(16)17/h3-6,12,15H,2,7-9H2,1H3,(H,16,17)(H,18,19). The van der Waals surface area contributed by atoms with Crippen molar-refractivity contribution < 1.29 is 19.8 Å². The minimum atomic E-state index is -1.14. The molecule has 0 saturated heterocycles. The molecule has 0 spiro atoms. The van der Waals surface area contributed by atoms with E-state index in [0.717, 1.165) is 12.0 Å². The van der Waals surface area contributed by atoms with Crippen LogP contribution < -0.4 is 5.32 Å². The number of carboxylic acids is 2. The number of aliphatic carboxylic acids is 2. The highest BCUT2D eigenvalue weighted by Gasteiger charge is 2.19. The second-order valence-electron chi connectivity index (χ2n) is 4.36. The van der Waals surface area contributed by atoms with Crippen molar-refractivity contribution in [2.24, 2.45) is 0 Å². The van der Waals surface area contributed by atoms with Crippen LogP contribution in [0.5, 0.6) is 0 Å². The quantitative estimate of drug-likeness (QED) is 0.659. The Kier molecular flexibility index (Phi) is 6.02. The van der Waals surface area contributed by atoms with E-state index in [1.165, 1.54) is 5.56 Å². The zero-order valence-electron chi connectivity index (χ0n) is 10.9. The minimum Gasteiger partial charge on any atom is -0.481 e. The Hall–Kier alpha value is -1.88. The number of carboxylic acid groups (broad SMARTS) is 2. The summed E-state index contributed by atoms with van der Waals surface area (Å²) in [5, 5.41) is 20.2. The van der Waals surface area contributed by atoms with Gasteiger partial charge in [0.15, 0.2) is 0 Å². The van der Waals surface area contributed by atoms with Crippen LogP contribution in [0.25, 0.3) is 0 Å². The number of hydrogen-bond acceptors (Lipinski definition) is 3. The Balaban J connectivity index is 2.42. The molecule has 0 saturated carbocycles. The Morgan fingerprint density at radius 3 is 2.21 bits per heavy atom. The fraction of sp³-hybridized carbons (Fsp3) is 0.429. The summed E-state index contributed by atoms with van der Waals surface area (Å²) in [6, 6.07) is 7.07. The first kappa shape index (κ1) is 15.2. The van der Waals surface area contributed by atoms with Crippen molar-refractivity contribution in [2.75, 3.05) is 6.54 Å². The van der Waals surface area contributed by atoms with Crippen LogP contribution in [-0.2, 0) is 22.4 Å². The zero-order chi connectivity index (χ0) is 14.3. The molecule has 0 bridgehead atoms. The molecule has 0 amide bonds. The molecule has 5 nitrogen and oxygen atoms in total. The number of nitrogens with one attached hydrogen (secondary N) is 1. The summed E-state index contributed by atoms with van der Waals surface area (Å²) in [7, 11) is 0. The van der Waals surface area contributed by atoms with E-state index in [0.29, 0.717) is 13.0 Å². The van der Waals surface area contributed by atoms with E-state index in [1.54, 1.807) is 0 Å². The van der Waals surface area contributed by atoms with Gasteiger partial charge in [-0.1, -0.05) is 31.2 Å². The number of carbonyl (C=O) groups is 2. The molecular formula is C14H19NO4. The lowest BCUT2D eigenvalue weighted by atomic mass is 10.1. The van der Waals surface area contributed by atoms with Gasteiger partial charge < -0.3 is 15.5 Å². The Bertz CT molecular complexity index is 428. The average Bonchev–Trinajstić information content (AvgIpc) is 2.37. The highest BCUT2D eigenvalue weighted by molar-refractivity contribution is 5.80. The van der Waals surface area contributed by atoms with Crippen LogP contribution >= 0.6 is 0 Å². The summed E-state index contributed by atoms with van der Waals surface area (Å²) >= 11 is 0. The first-order chi connectivity index (χ1) is 9.02. The molecular weight excluding hydrogens is 246 g/mol. The third kappa shape index (κ3) is 5.52. The molecule has 1 unspecified atom stereocenters. The maximum absolute atomic E-state index is 10.8. The molecule has 0 fully saturated rings. The lowest BCUT2D eigenvalue weighted by molar-refractivity contribution is -0.145. The highest BCUT2D eigenvalue weighted by Crippen LogP contribution is 2.05. The summed E-state index contributed by atoms with van der Waals surface area (Å²) < 4.78 is 0. The summed E-state index contributed by atoms with van der Waals surface area (Å²) in [5.41, 5.74) is 2.36. The van der Waals surface area contributed by atoms with Crippen LogP contribution in [0.2, 0.25) is 0 Å². The molecule has 1 atom stereocenters. The molecule has 0 aliphatic carbocycles. The molecule has 1 aromatic rings. The molecule has 0 radical (unpaired) electrons. The zero-order valence-corrected chi connectivity index (χ0v) is 10.9. The van der Waals surface area contributed by atoms with Crippen molar-refractivity contribution in [3.05, 3.63) is 35.4 Å². The van der Waals surface area contributed by atoms with Crippen molar-refractivity contribution in [3.63, 3.8) is 0 Å². The van der Waals surface area contributed by atoms with Gasteiger partial charge in [0.25, 0.3) is 0 Å². The van der Waals surface area contributed by atoms with Crippen LogP contribution in [0.1, 0.15) is 24.5 Å². The third-order valence-corrected chi connectivity index (χ3v) is 2.91. The Morgan fingerprint density at radius 2 is 1.74 bits per heavy atom. The van der Waals surface area contributed by atoms with Gasteiger partial charge >= 0.3 is 11.9 Å². The van der Waals surface area contributed by atoms with Gasteiger partial charge in [-0.15, -0.1) is 0 Å². The summed E-state index contributed by atoms with van der Waals surface area (Å²) in [4.78, 5) is 21.3. The third-order valence-electron chi connectivity index (χ3n) is 2.91. The van der Waals surface area contributed by atoms with Gasteiger partial charge in [-0.25, -0.2) is 0 Å². The lowest BCUT2D eigenvalue weighted by Gasteiger charge is -2.12. The second kappa shape index (κ2) is 7.53. The van der Waals surface area contributed by atoms with Gasteiger partial charge in [0, 0.05) is 0 Å². The first-order valence-electron chi connectivity index (χ1n) is 6.28. The van der Waals surface area contributed by atoms with Gasteiger partial charge in [0.05, 0.1) is 6.42 Å². The van der Waals surface area contributed by atoms with Gasteiger partial charge in [0.2, 0.25) is 0 Å². The normalized spacial score (nSPS) is 12.1. The predicted molar refractivity (Wildman–Crippen MR) is 71.2 cm³/mol. The summed E-state index contributed by atoms with van der Waals surface area (Å²) in [5.74, 6) is -2.25. The number of rotatable bonds is 8. The second-order valence-corrected chi connectivity index (χ2v) is 4.36. The minimum absolute atomic E-state index is 0.413. The van der Waals surface area contributed by atoms with Crippen molar-refractivity contribution >= 4 is 11.9 Å². The number of aryl methyl sites for hydroxylation is 1. The Morgan fingerprint density at radius 1 is 1.16 bits per heavy atom. The van der Waals surface area contributed by atoms with E-state index in [9.17, 15) is 9.59 Å². The van der Waals surface area contributed by atoms with Crippen molar-refractivity contribution in [2.45, 2.75) is 32.2 Å². The molecule has 5 heteroatoms. The van der Waals surface area contributed by atoms with E-state index in [2.05, 4.69) is 12.2 Å². The van der Waals surface area contributed by atoms with Gasteiger partial charge in [-0.2, -0.15) is 0 Å². The van der Waals surface area contributed by atoms with E-state index < -0.39 is 24.4 Å². The van der Waals surface area contributed by atoms with E-state index in [-0.39, 0.29) is 0 Å². The van der Waals surface area contributed by atoms with Crippen LogP contribution in [-0.4, -0.2) is 34.7 Å². The van der Waals surface area contributed by atoms with Gasteiger partial charge in [-0.3, -0.25) is 9.59 Å². The van der Waals surface area contributed by atoms with E-state index in [4.69, 9.17) is 10.2 Å². The molecule has 1 rings (SSSR count). The topological polar surface area (TPSA) is 86.6 Å². The molecule has 0 heterocycles. The maximum Gasteiger partial charge on any atom is 0.321 e. The lowest BCUT2D eigenvalue weighted by Crippen LogP contribution is -2.39. The number of benzene rings is 1. The Labute approximate surface area is 112 Å². The molecule has 0 aromatic heterocycles. The van der Waals surface area contributed by atoms with Gasteiger partial charge in [-0.05, 0) is 30.5 Å². The van der Waals surface area contributed by atoms with Crippen molar-refractivity contribution in [1.82, 2.24) is 5.32 Å². The molecule has 1 aromatic carbocycles. The monoisotopic (exact) mass is 265 g/mol. The van der Waals surface area contributed by atoms with Gasteiger partial charge in [0.1, 0.15) is 6.04 Å². The predicted octanol–water partition coefficient (Wildman–Crippen LogP) is 1.31. The maximum atomic E-state index is 10.8. The summed E-state index contributed by atoms with van der Waals surface area (Å²) in [6.45, 7) is 2.52. The largest absolute Gasteiger partial charge is 0.481 e.